The molecule has 0 amide bonds. The zero-order valence-electron chi connectivity index (χ0n) is 13.4. The molecule has 1 atom stereocenters. The molecule has 0 aromatic heterocycles. The van der Waals surface area contributed by atoms with E-state index in [1.807, 2.05) is 0 Å². The van der Waals surface area contributed by atoms with E-state index in [0.29, 0.717) is 0 Å². The third-order valence-corrected chi connectivity index (χ3v) is 4.36. The van der Waals surface area contributed by atoms with Crippen LogP contribution in [-0.4, -0.2) is 13.1 Å². The van der Waals surface area contributed by atoms with Crippen molar-refractivity contribution in [1.82, 2.24) is 5.32 Å². The van der Waals surface area contributed by atoms with Crippen LogP contribution in [0.25, 0.3) is 0 Å². The summed E-state index contributed by atoms with van der Waals surface area (Å²) < 4.78 is 0. The quantitative estimate of drug-likeness (QED) is 0.426. The van der Waals surface area contributed by atoms with E-state index in [4.69, 9.17) is 0 Å². The summed E-state index contributed by atoms with van der Waals surface area (Å²) in [6.45, 7) is 6.94. The van der Waals surface area contributed by atoms with Crippen molar-refractivity contribution in [2.75, 3.05) is 7.05 Å². The number of rotatable bonds is 13. The van der Waals surface area contributed by atoms with E-state index in [0.717, 1.165) is 12.0 Å². The van der Waals surface area contributed by atoms with Crippen molar-refractivity contribution < 1.29 is 0 Å². The number of nitrogens with one attached hydrogen (secondary N) is 1. The van der Waals surface area contributed by atoms with Crippen molar-refractivity contribution in [1.29, 1.82) is 0 Å². The predicted molar refractivity (Wildman–Crippen MR) is 84.1 cm³/mol. The highest BCUT2D eigenvalue weighted by Gasteiger charge is 2.15. The summed E-state index contributed by atoms with van der Waals surface area (Å²) in [5, 5.41) is 3.52. The highest BCUT2D eigenvalue weighted by atomic mass is 14.9. The molecular formula is C17H37N. The van der Waals surface area contributed by atoms with Gasteiger partial charge in [0, 0.05) is 6.04 Å². The van der Waals surface area contributed by atoms with Gasteiger partial charge in [-0.2, -0.15) is 0 Å². The summed E-state index contributed by atoms with van der Waals surface area (Å²) >= 11 is 0. The number of unbranched alkanes of at least 4 members (excludes halogenated alkanes) is 7. The second-order valence-electron chi connectivity index (χ2n) is 5.74. The number of hydrogen-bond acceptors (Lipinski definition) is 1. The van der Waals surface area contributed by atoms with Crippen LogP contribution in [0.5, 0.6) is 0 Å². The Kier molecular flexibility index (Phi) is 13.4. The van der Waals surface area contributed by atoms with Crippen molar-refractivity contribution in [3.63, 3.8) is 0 Å². The van der Waals surface area contributed by atoms with Crippen molar-refractivity contribution in [3.8, 4) is 0 Å². The van der Waals surface area contributed by atoms with Crippen LogP contribution in [0, 0.1) is 5.92 Å². The van der Waals surface area contributed by atoms with Gasteiger partial charge in [0.05, 0.1) is 0 Å². The molecule has 0 saturated heterocycles. The first kappa shape index (κ1) is 18.0. The second-order valence-corrected chi connectivity index (χ2v) is 5.74. The van der Waals surface area contributed by atoms with Crippen LogP contribution in [0.15, 0.2) is 0 Å². The normalized spacial score (nSPS) is 13.2. The SMILES string of the molecule is CCCCCCCCCCC(NC)C(CC)CC. The third kappa shape index (κ3) is 8.97. The molecule has 1 N–H and O–H groups in total. The summed E-state index contributed by atoms with van der Waals surface area (Å²) in [7, 11) is 2.13. The molecule has 0 radical (unpaired) electrons. The van der Waals surface area contributed by atoms with Gasteiger partial charge in [-0.3, -0.25) is 0 Å². The van der Waals surface area contributed by atoms with Gasteiger partial charge in [0.2, 0.25) is 0 Å². The monoisotopic (exact) mass is 255 g/mol. The first-order chi connectivity index (χ1) is 8.79. The Morgan fingerprint density at radius 2 is 1.22 bits per heavy atom. The van der Waals surface area contributed by atoms with E-state index in [2.05, 4.69) is 33.1 Å². The zero-order valence-corrected chi connectivity index (χ0v) is 13.4. The van der Waals surface area contributed by atoms with Gasteiger partial charge in [0.25, 0.3) is 0 Å². The lowest BCUT2D eigenvalue weighted by Gasteiger charge is -2.24. The maximum atomic E-state index is 3.52. The molecule has 0 aliphatic heterocycles. The summed E-state index contributed by atoms with van der Waals surface area (Å²) in [5.41, 5.74) is 0. The summed E-state index contributed by atoms with van der Waals surface area (Å²) in [6, 6.07) is 0.750. The maximum absolute atomic E-state index is 3.52. The Morgan fingerprint density at radius 3 is 1.67 bits per heavy atom. The molecule has 0 spiro atoms. The average Bonchev–Trinajstić information content (AvgIpc) is 2.40. The van der Waals surface area contributed by atoms with Crippen LogP contribution < -0.4 is 5.32 Å². The highest BCUT2D eigenvalue weighted by Crippen LogP contribution is 2.18. The topological polar surface area (TPSA) is 12.0 Å². The Bertz CT molecular complexity index is 152. The first-order valence-electron chi connectivity index (χ1n) is 8.47. The predicted octanol–water partition coefficient (Wildman–Crippen LogP) is 5.54. The van der Waals surface area contributed by atoms with Crippen LogP contribution >= 0.6 is 0 Å². The van der Waals surface area contributed by atoms with Crippen molar-refractivity contribution >= 4 is 0 Å². The first-order valence-corrected chi connectivity index (χ1v) is 8.47. The Labute approximate surface area is 116 Å². The Morgan fingerprint density at radius 1 is 0.722 bits per heavy atom. The summed E-state index contributed by atoms with van der Waals surface area (Å²) in [6.07, 6.45) is 15.4. The molecule has 0 fully saturated rings. The van der Waals surface area contributed by atoms with Gasteiger partial charge in [-0.1, -0.05) is 85.0 Å². The lowest BCUT2D eigenvalue weighted by molar-refractivity contribution is 0.325. The van der Waals surface area contributed by atoms with Gasteiger partial charge in [0.1, 0.15) is 0 Å². The van der Waals surface area contributed by atoms with Gasteiger partial charge < -0.3 is 5.32 Å². The fraction of sp³-hybridized carbons (Fsp3) is 1.00. The molecule has 1 heteroatoms. The molecule has 0 aromatic rings. The van der Waals surface area contributed by atoms with Gasteiger partial charge >= 0.3 is 0 Å². The second kappa shape index (κ2) is 13.4. The van der Waals surface area contributed by atoms with E-state index in [9.17, 15) is 0 Å². The molecule has 1 unspecified atom stereocenters. The highest BCUT2D eigenvalue weighted by molar-refractivity contribution is 4.73. The standard InChI is InChI=1S/C17H37N/c1-5-8-9-10-11-12-13-14-15-17(18-4)16(6-2)7-3/h16-18H,5-15H2,1-4H3. The van der Waals surface area contributed by atoms with Gasteiger partial charge in [-0.15, -0.1) is 0 Å². The fourth-order valence-electron chi connectivity index (χ4n) is 2.97. The van der Waals surface area contributed by atoms with Gasteiger partial charge in [0.15, 0.2) is 0 Å². The van der Waals surface area contributed by atoms with E-state index < -0.39 is 0 Å². The average molecular weight is 255 g/mol. The maximum Gasteiger partial charge on any atom is 0.00921 e. The van der Waals surface area contributed by atoms with Crippen molar-refractivity contribution in [2.24, 2.45) is 5.92 Å². The molecule has 110 valence electrons. The molecule has 0 aliphatic carbocycles. The molecule has 0 saturated carbocycles. The smallest absolute Gasteiger partial charge is 0.00921 e. The fourth-order valence-corrected chi connectivity index (χ4v) is 2.97. The Hall–Kier alpha value is -0.0400. The molecule has 0 heterocycles. The minimum absolute atomic E-state index is 0.750. The van der Waals surface area contributed by atoms with Crippen LogP contribution in [-0.2, 0) is 0 Å². The largest absolute Gasteiger partial charge is 0.317 e. The van der Waals surface area contributed by atoms with Crippen LogP contribution in [0.3, 0.4) is 0 Å². The molecule has 18 heavy (non-hydrogen) atoms. The van der Waals surface area contributed by atoms with E-state index >= 15 is 0 Å². The minimum atomic E-state index is 0.750. The van der Waals surface area contributed by atoms with Gasteiger partial charge in [-0.25, -0.2) is 0 Å². The molecule has 0 aromatic carbocycles. The molecular weight excluding hydrogens is 218 g/mol. The Balaban J connectivity index is 3.45. The molecule has 0 aliphatic rings. The van der Waals surface area contributed by atoms with Crippen LogP contribution in [0.4, 0.5) is 0 Å². The third-order valence-electron chi connectivity index (χ3n) is 4.36. The van der Waals surface area contributed by atoms with Crippen molar-refractivity contribution in [3.05, 3.63) is 0 Å². The summed E-state index contributed by atoms with van der Waals surface area (Å²) in [4.78, 5) is 0. The summed E-state index contributed by atoms with van der Waals surface area (Å²) in [5.74, 6) is 0.875. The van der Waals surface area contributed by atoms with E-state index in [-0.39, 0.29) is 0 Å². The van der Waals surface area contributed by atoms with Gasteiger partial charge in [-0.05, 0) is 19.4 Å². The molecule has 1 nitrogen and oxygen atoms in total. The van der Waals surface area contributed by atoms with E-state index in [1.165, 1.54) is 70.6 Å². The minimum Gasteiger partial charge on any atom is -0.317 e. The molecule has 0 bridgehead atoms. The van der Waals surface area contributed by atoms with Crippen molar-refractivity contribution in [2.45, 2.75) is 97.4 Å². The van der Waals surface area contributed by atoms with Crippen LogP contribution in [0.2, 0.25) is 0 Å². The zero-order chi connectivity index (χ0) is 13.6. The van der Waals surface area contributed by atoms with E-state index in [1.54, 1.807) is 0 Å². The number of hydrogen-bond donors (Lipinski definition) is 1. The van der Waals surface area contributed by atoms with Crippen LogP contribution in [0.1, 0.15) is 91.4 Å². The lowest BCUT2D eigenvalue weighted by atomic mass is 9.90. The lowest BCUT2D eigenvalue weighted by Crippen LogP contribution is -2.32. The molecule has 0 rings (SSSR count).